The molecule has 1 aliphatic rings. The van der Waals surface area contributed by atoms with E-state index in [1.54, 1.807) is 14.2 Å². The standard InChI is InChI=1S/C18H28O3/c1-13-11-14(2)16(15(12-13)20-3)17(19)18(21-4)9-7-5-6-8-10-18/h11-12,17,19H,5-10H2,1-4H3. The molecule has 3 nitrogen and oxygen atoms in total. The van der Waals surface area contributed by atoms with Crippen molar-refractivity contribution in [2.24, 2.45) is 0 Å². The Hall–Kier alpha value is -1.06. The molecule has 0 amide bonds. The third kappa shape index (κ3) is 3.24. The number of benzene rings is 1. The van der Waals surface area contributed by atoms with Crippen LogP contribution in [0.4, 0.5) is 0 Å². The Morgan fingerprint density at radius 1 is 1.05 bits per heavy atom. The lowest BCUT2D eigenvalue weighted by atomic mass is 9.82. The van der Waals surface area contributed by atoms with E-state index in [0.29, 0.717) is 0 Å². The van der Waals surface area contributed by atoms with Crippen LogP contribution in [-0.4, -0.2) is 24.9 Å². The van der Waals surface area contributed by atoms with E-state index in [2.05, 4.69) is 6.07 Å². The van der Waals surface area contributed by atoms with Crippen molar-refractivity contribution in [1.82, 2.24) is 0 Å². The van der Waals surface area contributed by atoms with Gasteiger partial charge in [-0.15, -0.1) is 0 Å². The van der Waals surface area contributed by atoms with Crippen LogP contribution in [0.15, 0.2) is 12.1 Å². The SMILES string of the molecule is COc1cc(C)cc(C)c1C(O)C1(OC)CCCCCC1. The van der Waals surface area contributed by atoms with Gasteiger partial charge in [-0.1, -0.05) is 31.7 Å². The first-order valence-electron chi connectivity index (χ1n) is 7.92. The molecule has 1 saturated carbocycles. The van der Waals surface area contributed by atoms with Crippen molar-refractivity contribution >= 4 is 0 Å². The zero-order valence-electron chi connectivity index (χ0n) is 13.7. The molecule has 0 saturated heterocycles. The second kappa shape index (κ2) is 6.80. The Balaban J connectivity index is 2.43. The van der Waals surface area contributed by atoms with Crippen LogP contribution < -0.4 is 4.74 Å². The van der Waals surface area contributed by atoms with Crippen molar-refractivity contribution in [3.63, 3.8) is 0 Å². The van der Waals surface area contributed by atoms with E-state index in [1.165, 1.54) is 12.8 Å². The Morgan fingerprint density at radius 3 is 2.19 bits per heavy atom. The zero-order chi connectivity index (χ0) is 15.5. The monoisotopic (exact) mass is 292 g/mol. The Labute approximate surface area is 128 Å². The first-order valence-corrected chi connectivity index (χ1v) is 7.92. The number of hydrogen-bond acceptors (Lipinski definition) is 3. The fourth-order valence-corrected chi connectivity index (χ4v) is 3.64. The molecule has 0 aromatic heterocycles. The van der Waals surface area contributed by atoms with Crippen LogP contribution in [0, 0.1) is 13.8 Å². The predicted molar refractivity (Wildman–Crippen MR) is 84.9 cm³/mol. The van der Waals surface area contributed by atoms with Gasteiger partial charge in [-0.25, -0.2) is 0 Å². The lowest BCUT2D eigenvalue weighted by Crippen LogP contribution is -2.38. The van der Waals surface area contributed by atoms with Crippen LogP contribution >= 0.6 is 0 Å². The summed E-state index contributed by atoms with van der Waals surface area (Å²) in [6, 6.07) is 4.09. The van der Waals surface area contributed by atoms with Gasteiger partial charge in [-0.3, -0.25) is 0 Å². The van der Waals surface area contributed by atoms with Crippen LogP contribution in [0.25, 0.3) is 0 Å². The molecule has 0 radical (unpaired) electrons. The van der Waals surface area contributed by atoms with Crippen molar-refractivity contribution < 1.29 is 14.6 Å². The first-order chi connectivity index (χ1) is 10.0. The highest BCUT2D eigenvalue weighted by molar-refractivity contribution is 5.45. The summed E-state index contributed by atoms with van der Waals surface area (Å²) in [7, 11) is 3.39. The number of ether oxygens (including phenoxy) is 2. The molecule has 2 rings (SSSR count). The number of methoxy groups -OCH3 is 2. The molecule has 1 atom stereocenters. The van der Waals surface area contributed by atoms with Gasteiger partial charge in [-0.2, -0.15) is 0 Å². The van der Waals surface area contributed by atoms with Gasteiger partial charge in [0.25, 0.3) is 0 Å². The van der Waals surface area contributed by atoms with Crippen LogP contribution in [0.5, 0.6) is 5.75 Å². The Bertz CT molecular complexity index is 474. The van der Waals surface area contributed by atoms with E-state index < -0.39 is 11.7 Å². The maximum Gasteiger partial charge on any atom is 0.125 e. The minimum Gasteiger partial charge on any atom is -0.496 e. The molecule has 0 bridgehead atoms. The maximum absolute atomic E-state index is 11.1. The summed E-state index contributed by atoms with van der Waals surface area (Å²) >= 11 is 0. The van der Waals surface area contributed by atoms with Gasteiger partial charge in [0.05, 0.1) is 12.7 Å². The van der Waals surface area contributed by atoms with Crippen molar-refractivity contribution in [3.05, 3.63) is 28.8 Å². The normalized spacial score (nSPS) is 19.9. The molecule has 21 heavy (non-hydrogen) atoms. The lowest BCUT2D eigenvalue weighted by Gasteiger charge is -2.37. The number of aliphatic hydroxyl groups excluding tert-OH is 1. The predicted octanol–water partition coefficient (Wildman–Crippen LogP) is 4.08. The summed E-state index contributed by atoms with van der Waals surface area (Å²) in [5, 5.41) is 11.1. The number of aryl methyl sites for hydroxylation is 2. The minimum atomic E-state index is -0.642. The average molecular weight is 292 g/mol. The summed E-state index contributed by atoms with van der Waals surface area (Å²) in [5.74, 6) is 0.765. The van der Waals surface area contributed by atoms with Crippen LogP contribution in [0.3, 0.4) is 0 Å². The van der Waals surface area contributed by atoms with Gasteiger partial charge in [0.15, 0.2) is 0 Å². The van der Waals surface area contributed by atoms with Crippen molar-refractivity contribution in [2.45, 2.75) is 64.1 Å². The molecular weight excluding hydrogens is 264 g/mol. The zero-order valence-corrected chi connectivity index (χ0v) is 13.7. The van der Waals surface area contributed by atoms with Crippen molar-refractivity contribution in [1.29, 1.82) is 0 Å². The summed E-state index contributed by atoms with van der Waals surface area (Å²) < 4.78 is 11.4. The van der Waals surface area contributed by atoms with E-state index >= 15 is 0 Å². The van der Waals surface area contributed by atoms with Gasteiger partial charge >= 0.3 is 0 Å². The van der Waals surface area contributed by atoms with Gasteiger partial charge in [-0.05, 0) is 43.9 Å². The van der Waals surface area contributed by atoms with Crippen LogP contribution in [0.1, 0.15) is 61.3 Å². The molecule has 1 fully saturated rings. The third-order valence-electron chi connectivity index (χ3n) is 4.84. The highest BCUT2D eigenvalue weighted by atomic mass is 16.5. The molecule has 3 heteroatoms. The van der Waals surface area contributed by atoms with Gasteiger partial charge in [0.1, 0.15) is 11.9 Å². The fourth-order valence-electron chi connectivity index (χ4n) is 3.64. The van der Waals surface area contributed by atoms with Gasteiger partial charge in [0.2, 0.25) is 0 Å². The quantitative estimate of drug-likeness (QED) is 0.850. The summed E-state index contributed by atoms with van der Waals surface area (Å²) in [4.78, 5) is 0. The molecule has 1 unspecified atom stereocenters. The first kappa shape index (κ1) is 16.3. The van der Waals surface area contributed by atoms with Gasteiger partial charge in [0, 0.05) is 12.7 Å². The number of hydrogen-bond donors (Lipinski definition) is 1. The van der Waals surface area contributed by atoms with Crippen LogP contribution in [-0.2, 0) is 4.74 Å². The van der Waals surface area contributed by atoms with E-state index in [0.717, 1.165) is 48.1 Å². The largest absolute Gasteiger partial charge is 0.496 e. The molecule has 0 aliphatic heterocycles. The highest BCUT2D eigenvalue weighted by Gasteiger charge is 2.41. The molecule has 118 valence electrons. The molecule has 1 aliphatic carbocycles. The number of rotatable bonds is 4. The van der Waals surface area contributed by atoms with Crippen LogP contribution in [0.2, 0.25) is 0 Å². The van der Waals surface area contributed by atoms with Crippen molar-refractivity contribution in [2.75, 3.05) is 14.2 Å². The molecular formula is C18H28O3. The highest BCUT2D eigenvalue weighted by Crippen LogP contribution is 2.44. The second-order valence-corrected chi connectivity index (χ2v) is 6.28. The molecule has 1 aromatic rings. The minimum absolute atomic E-state index is 0.482. The van der Waals surface area contributed by atoms with E-state index in [4.69, 9.17) is 9.47 Å². The Morgan fingerprint density at radius 2 is 1.67 bits per heavy atom. The van der Waals surface area contributed by atoms with E-state index in [1.807, 2.05) is 19.9 Å². The second-order valence-electron chi connectivity index (χ2n) is 6.28. The fraction of sp³-hybridized carbons (Fsp3) is 0.667. The van der Waals surface area contributed by atoms with E-state index in [-0.39, 0.29) is 0 Å². The molecule has 1 N–H and O–H groups in total. The van der Waals surface area contributed by atoms with Gasteiger partial charge < -0.3 is 14.6 Å². The summed E-state index contributed by atoms with van der Waals surface area (Å²) in [6.07, 6.45) is 5.83. The maximum atomic E-state index is 11.1. The smallest absolute Gasteiger partial charge is 0.125 e. The summed E-state index contributed by atoms with van der Waals surface area (Å²) in [6.45, 7) is 4.08. The average Bonchev–Trinajstić information content (AvgIpc) is 2.72. The van der Waals surface area contributed by atoms with Crippen molar-refractivity contribution in [3.8, 4) is 5.75 Å². The molecule has 0 heterocycles. The third-order valence-corrected chi connectivity index (χ3v) is 4.84. The Kier molecular flexibility index (Phi) is 5.28. The molecule has 0 spiro atoms. The topological polar surface area (TPSA) is 38.7 Å². The molecule has 1 aromatic carbocycles. The number of aliphatic hydroxyl groups is 1. The van der Waals surface area contributed by atoms with E-state index in [9.17, 15) is 5.11 Å². The summed E-state index contributed by atoms with van der Waals surface area (Å²) in [5.41, 5.74) is 2.61. The lowest BCUT2D eigenvalue weighted by molar-refractivity contribution is -0.114.